The highest BCUT2D eigenvalue weighted by Gasteiger charge is 2.13. The van der Waals surface area contributed by atoms with Gasteiger partial charge in [0.15, 0.2) is 0 Å². The number of nitrogens with two attached hydrogens (primary N) is 2. The Morgan fingerprint density at radius 1 is 1.14 bits per heavy atom. The highest BCUT2D eigenvalue weighted by Crippen LogP contribution is 2.34. The van der Waals surface area contributed by atoms with E-state index in [9.17, 15) is 4.79 Å². The van der Waals surface area contributed by atoms with Crippen molar-refractivity contribution in [3.63, 3.8) is 0 Å². The molecule has 0 heterocycles. The van der Waals surface area contributed by atoms with Crippen LogP contribution in [0.2, 0.25) is 0 Å². The van der Waals surface area contributed by atoms with Gasteiger partial charge < -0.3 is 21.5 Å². The van der Waals surface area contributed by atoms with Gasteiger partial charge >= 0.3 is 0 Å². The number of amides is 1. The van der Waals surface area contributed by atoms with Crippen molar-refractivity contribution in [2.75, 3.05) is 23.9 Å². The molecule has 2 aromatic carbocycles. The largest absolute Gasteiger partial charge is 0.495 e. The third-order valence-electron chi connectivity index (χ3n) is 2.81. The van der Waals surface area contributed by atoms with Crippen LogP contribution in [0.3, 0.4) is 0 Å². The third kappa shape index (κ3) is 3.48. The molecule has 0 atom stereocenters. The summed E-state index contributed by atoms with van der Waals surface area (Å²) in [5.41, 5.74) is 13.2. The van der Waals surface area contributed by atoms with Crippen LogP contribution in [0.15, 0.2) is 39.3 Å². The average Bonchev–Trinajstić information content (AvgIpc) is 2.41. The van der Waals surface area contributed by atoms with Crippen LogP contribution in [0.1, 0.15) is 10.4 Å². The van der Waals surface area contributed by atoms with Gasteiger partial charge in [-0.1, -0.05) is 0 Å². The van der Waals surface area contributed by atoms with Crippen molar-refractivity contribution >= 4 is 54.8 Å². The number of carbonyl (C=O) groups excluding carboxylic acids is 1. The second-order valence-electron chi connectivity index (χ2n) is 4.27. The number of benzene rings is 2. The van der Waals surface area contributed by atoms with E-state index in [1.807, 2.05) is 0 Å². The normalized spacial score (nSPS) is 10.2. The summed E-state index contributed by atoms with van der Waals surface area (Å²) in [6.45, 7) is 0. The van der Waals surface area contributed by atoms with Crippen LogP contribution in [-0.2, 0) is 0 Å². The summed E-state index contributed by atoms with van der Waals surface area (Å²) in [5.74, 6) is 0.288. The number of hydrogen-bond acceptors (Lipinski definition) is 4. The van der Waals surface area contributed by atoms with Gasteiger partial charge in [-0.3, -0.25) is 4.79 Å². The quantitative estimate of drug-likeness (QED) is 0.668. The van der Waals surface area contributed by atoms with E-state index in [1.54, 1.807) is 37.4 Å². The predicted octanol–water partition coefficient (Wildman–Crippen LogP) is 3.64. The Morgan fingerprint density at radius 3 is 2.48 bits per heavy atom. The topological polar surface area (TPSA) is 90.4 Å². The van der Waals surface area contributed by atoms with Crippen LogP contribution in [0.4, 0.5) is 17.1 Å². The SMILES string of the molecule is COc1cc(NC(=O)c2ccc(N)cc2N)c(Br)cc1Br. The Bertz CT molecular complexity index is 705. The van der Waals surface area contributed by atoms with Crippen LogP contribution in [-0.4, -0.2) is 13.0 Å². The van der Waals surface area contributed by atoms with Gasteiger partial charge in [0.1, 0.15) is 5.75 Å². The zero-order valence-electron chi connectivity index (χ0n) is 11.1. The molecule has 0 bridgehead atoms. The van der Waals surface area contributed by atoms with E-state index < -0.39 is 0 Å². The van der Waals surface area contributed by atoms with E-state index >= 15 is 0 Å². The summed E-state index contributed by atoms with van der Waals surface area (Å²) < 4.78 is 6.71. The monoisotopic (exact) mass is 413 g/mol. The van der Waals surface area contributed by atoms with Gasteiger partial charge in [0.25, 0.3) is 5.91 Å². The zero-order chi connectivity index (χ0) is 15.6. The number of ether oxygens (including phenoxy) is 1. The summed E-state index contributed by atoms with van der Waals surface area (Å²) in [7, 11) is 1.55. The van der Waals surface area contributed by atoms with Crippen molar-refractivity contribution < 1.29 is 9.53 Å². The summed E-state index contributed by atoms with van der Waals surface area (Å²) >= 11 is 6.76. The Morgan fingerprint density at radius 2 is 1.86 bits per heavy atom. The van der Waals surface area contributed by atoms with E-state index in [4.69, 9.17) is 16.2 Å². The highest BCUT2D eigenvalue weighted by atomic mass is 79.9. The lowest BCUT2D eigenvalue weighted by Crippen LogP contribution is -2.14. The molecular formula is C14H13Br2N3O2. The molecule has 21 heavy (non-hydrogen) atoms. The second kappa shape index (κ2) is 6.36. The molecular weight excluding hydrogens is 402 g/mol. The van der Waals surface area contributed by atoms with Crippen LogP contribution < -0.4 is 21.5 Å². The van der Waals surface area contributed by atoms with Crippen molar-refractivity contribution in [1.29, 1.82) is 0 Å². The molecule has 0 spiro atoms. The average molecular weight is 415 g/mol. The Kier molecular flexibility index (Phi) is 4.74. The molecule has 0 radical (unpaired) electrons. The first-order chi connectivity index (χ1) is 9.92. The molecule has 110 valence electrons. The van der Waals surface area contributed by atoms with Gasteiger partial charge in [-0.25, -0.2) is 0 Å². The first-order valence-corrected chi connectivity index (χ1v) is 7.50. The van der Waals surface area contributed by atoms with Gasteiger partial charge in [0.2, 0.25) is 0 Å². The molecule has 5 nitrogen and oxygen atoms in total. The molecule has 0 aliphatic carbocycles. The molecule has 0 saturated heterocycles. The number of rotatable bonds is 3. The number of carbonyl (C=O) groups is 1. The number of hydrogen-bond donors (Lipinski definition) is 3. The zero-order valence-corrected chi connectivity index (χ0v) is 14.3. The lowest BCUT2D eigenvalue weighted by atomic mass is 10.1. The maximum absolute atomic E-state index is 12.3. The molecule has 7 heteroatoms. The van der Waals surface area contributed by atoms with Crippen LogP contribution >= 0.6 is 31.9 Å². The molecule has 0 aliphatic rings. The third-order valence-corrected chi connectivity index (χ3v) is 4.09. The lowest BCUT2D eigenvalue weighted by molar-refractivity contribution is 0.102. The molecule has 5 N–H and O–H groups in total. The minimum absolute atomic E-state index is 0.322. The van der Waals surface area contributed by atoms with Crippen molar-refractivity contribution in [3.05, 3.63) is 44.8 Å². The number of nitrogens with one attached hydrogen (secondary N) is 1. The first-order valence-electron chi connectivity index (χ1n) is 5.91. The van der Waals surface area contributed by atoms with Crippen molar-refractivity contribution in [2.24, 2.45) is 0 Å². The molecule has 1 amide bonds. The van der Waals surface area contributed by atoms with Gasteiger partial charge in [-0.05, 0) is 56.1 Å². The maximum atomic E-state index is 12.3. The van der Waals surface area contributed by atoms with Crippen molar-refractivity contribution in [3.8, 4) is 5.75 Å². The predicted molar refractivity (Wildman–Crippen MR) is 91.6 cm³/mol. The van der Waals surface area contributed by atoms with Crippen LogP contribution in [0.5, 0.6) is 5.75 Å². The maximum Gasteiger partial charge on any atom is 0.257 e. The standard InChI is InChI=1S/C14H13Br2N3O2/c1-21-13-6-12(9(15)5-10(13)16)19-14(20)8-3-2-7(17)4-11(8)18/h2-6H,17-18H2,1H3,(H,19,20). The summed E-state index contributed by atoms with van der Waals surface area (Å²) in [4.78, 5) is 12.3. The second-order valence-corrected chi connectivity index (χ2v) is 5.98. The highest BCUT2D eigenvalue weighted by molar-refractivity contribution is 9.11. The minimum Gasteiger partial charge on any atom is -0.495 e. The van der Waals surface area contributed by atoms with E-state index in [0.29, 0.717) is 28.4 Å². The van der Waals surface area contributed by atoms with Gasteiger partial charge in [0.05, 0.1) is 22.8 Å². The van der Waals surface area contributed by atoms with Crippen LogP contribution in [0, 0.1) is 0 Å². The molecule has 0 aliphatic heterocycles. The summed E-state index contributed by atoms with van der Waals surface area (Å²) in [6, 6.07) is 8.26. The fourth-order valence-electron chi connectivity index (χ4n) is 1.76. The lowest BCUT2D eigenvalue weighted by Gasteiger charge is -2.12. The van der Waals surface area contributed by atoms with Crippen LogP contribution in [0.25, 0.3) is 0 Å². The van der Waals surface area contributed by atoms with Gasteiger partial charge in [0, 0.05) is 21.9 Å². The smallest absolute Gasteiger partial charge is 0.257 e. The fraction of sp³-hybridized carbons (Fsp3) is 0.0714. The van der Waals surface area contributed by atoms with Crippen molar-refractivity contribution in [1.82, 2.24) is 0 Å². The Balaban J connectivity index is 2.31. The molecule has 2 rings (SSSR count). The molecule has 0 aromatic heterocycles. The number of nitrogen functional groups attached to an aromatic ring is 2. The molecule has 0 unspecified atom stereocenters. The Labute approximate surface area is 138 Å². The molecule has 0 saturated carbocycles. The van der Waals surface area contributed by atoms with Gasteiger partial charge in [-0.15, -0.1) is 0 Å². The molecule has 2 aromatic rings. The fourth-order valence-corrected chi connectivity index (χ4v) is 3.01. The number of anilines is 3. The van der Waals surface area contributed by atoms with Gasteiger partial charge in [-0.2, -0.15) is 0 Å². The number of methoxy groups -OCH3 is 1. The van der Waals surface area contributed by atoms with E-state index in [1.165, 1.54) is 0 Å². The molecule has 0 fully saturated rings. The first kappa shape index (κ1) is 15.7. The van der Waals surface area contributed by atoms with E-state index in [0.717, 1.165) is 8.95 Å². The minimum atomic E-state index is -0.322. The van der Waals surface area contributed by atoms with Crippen molar-refractivity contribution in [2.45, 2.75) is 0 Å². The summed E-state index contributed by atoms with van der Waals surface area (Å²) in [6.07, 6.45) is 0. The van der Waals surface area contributed by atoms with E-state index in [2.05, 4.69) is 37.2 Å². The number of halogens is 2. The Hall–Kier alpha value is -1.73. The summed E-state index contributed by atoms with van der Waals surface area (Å²) in [5, 5.41) is 2.78. The van der Waals surface area contributed by atoms with E-state index in [-0.39, 0.29) is 5.91 Å².